The molecule has 0 atom stereocenters. The van der Waals surface area contributed by atoms with E-state index in [9.17, 15) is 17.2 Å². The van der Waals surface area contributed by atoms with Crippen LogP contribution in [0.25, 0.3) is 6.08 Å². The fraction of sp³-hybridized carbons (Fsp3) is 0.111. The molecule has 3 nitrogen and oxygen atoms in total. The maximum atomic E-state index is 11.9. The molecule has 0 aliphatic rings. The molecule has 0 aliphatic heterocycles. The van der Waals surface area contributed by atoms with E-state index in [1.165, 1.54) is 30.3 Å². The predicted molar refractivity (Wildman–Crippen MR) is 59.2 cm³/mol. The first-order valence-electron chi connectivity index (χ1n) is 3.89. The van der Waals surface area contributed by atoms with Gasteiger partial charge in [-0.25, -0.2) is 0 Å². The summed E-state index contributed by atoms with van der Waals surface area (Å²) in [6.07, 6.45) is 1.53. The molecule has 1 aromatic carbocycles. The van der Waals surface area contributed by atoms with Crippen molar-refractivity contribution in [3.8, 4) is 5.75 Å². The van der Waals surface area contributed by atoms with Gasteiger partial charge < -0.3 is 4.18 Å². The molecule has 0 radical (unpaired) electrons. The van der Waals surface area contributed by atoms with E-state index in [1.54, 1.807) is 0 Å². The number of hydrogen-bond donors (Lipinski definition) is 0. The Balaban J connectivity index is 0.00000225. The Hall–Kier alpha value is -0.430. The van der Waals surface area contributed by atoms with Gasteiger partial charge >= 0.3 is 45.4 Å². The number of alkyl halides is 2. The van der Waals surface area contributed by atoms with Crippen molar-refractivity contribution in [2.45, 2.75) is 5.76 Å². The van der Waals surface area contributed by atoms with E-state index in [4.69, 9.17) is 0 Å². The summed E-state index contributed by atoms with van der Waals surface area (Å²) in [7, 11) is -4.83. The van der Waals surface area contributed by atoms with Gasteiger partial charge in [-0.05, 0) is 17.7 Å². The zero-order valence-electron chi connectivity index (χ0n) is 7.56. The molecule has 0 amide bonds. The summed E-state index contributed by atoms with van der Waals surface area (Å²) in [5, 5.41) is 0. The number of rotatable bonds is 4. The third-order valence-corrected chi connectivity index (χ3v) is 2.41. The Labute approximate surface area is 115 Å². The number of benzene rings is 1. The van der Waals surface area contributed by atoms with Gasteiger partial charge in [0.2, 0.25) is 0 Å². The fourth-order valence-corrected chi connectivity index (χ4v) is 1.28. The topological polar surface area (TPSA) is 43.4 Å². The maximum absolute atomic E-state index is 11.9. The molecular weight excluding hydrogens is 249 g/mol. The van der Waals surface area contributed by atoms with E-state index in [2.05, 4.69) is 10.8 Å². The second-order valence-corrected chi connectivity index (χ2v) is 4.12. The van der Waals surface area contributed by atoms with Gasteiger partial charge in [0.1, 0.15) is 5.75 Å². The first-order chi connectivity index (χ1) is 6.95. The molecule has 1 rings (SSSR count). The van der Waals surface area contributed by atoms with Crippen LogP contribution in [0, 0.1) is 0 Å². The van der Waals surface area contributed by atoms with Crippen molar-refractivity contribution >= 4 is 45.8 Å². The molecule has 0 aliphatic carbocycles. The van der Waals surface area contributed by atoms with Gasteiger partial charge in [0.15, 0.2) is 0 Å². The second kappa shape index (κ2) is 6.34. The SMILES string of the molecule is C=Cc1ccc(OS(=O)(=O)C(F)F)cc1.[NaH]. The van der Waals surface area contributed by atoms with Gasteiger partial charge in [0.05, 0.1) is 0 Å². The monoisotopic (exact) mass is 258 g/mol. The molecule has 1 aromatic rings. The Morgan fingerprint density at radius 2 is 1.75 bits per heavy atom. The minimum atomic E-state index is -4.83. The molecule has 16 heavy (non-hydrogen) atoms. The van der Waals surface area contributed by atoms with E-state index < -0.39 is 15.9 Å². The van der Waals surface area contributed by atoms with Gasteiger partial charge in [0.25, 0.3) is 0 Å². The average molecular weight is 258 g/mol. The summed E-state index contributed by atoms with van der Waals surface area (Å²) in [4.78, 5) is 0. The molecule has 0 unspecified atom stereocenters. The van der Waals surface area contributed by atoms with Crippen molar-refractivity contribution < 1.29 is 21.4 Å². The molecule has 0 aromatic heterocycles. The van der Waals surface area contributed by atoms with Crippen LogP contribution in [0.1, 0.15) is 5.56 Å². The summed E-state index contributed by atoms with van der Waals surface area (Å²) in [5.74, 6) is -3.70. The molecule has 0 saturated carbocycles. The molecule has 84 valence electrons. The van der Waals surface area contributed by atoms with Gasteiger partial charge in [-0.1, -0.05) is 24.8 Å². The van der Waals surface area contributed by atoms with Crippen LogP contribution in [-0.4, -0.2) is 43.7 Å². The minimum absolute atomic E-state index is 0. The third kappa shape index (κ3) is 4.21. The van der Waals surface area contributed by atoms with Crippen LogP contribution in [0.4, 0.5) is 8.78 Å². The Kier molecular flexibility index (Phi) is 6.17. The van der Waals surface area contributed by atoms with Gasteiger partial charge in [0, 0.05) is 0 Å². The first-order valence-corrected chi connectivity index (χ1v) is 5.37. The van der Waals surface area contributed by atoms with Crippen molar-refractivity contribution in [3.63, 3.8) is 0 Å². The van der Waals surface area contributed by atoms with Crippen LogP contribution in [0.3, 0.4) is 0 Å². The normalized spacial score (nSPS) is 10.7. The molecule has 0 bridgehead atoms. The van der Waals surface area contributed by atoms with E-state index in [0.29, 0.717) is 0 Å². The molecule has 7 heteroatoms. The van der Waals surface area contributed by atoms with E-state index in [0.717, 1.165) is 5.56 Å². The third-order valence-electron chi connectivity index (χ3n) is 1.55. The van der Waals surface area contributed by atoms with Crippen molar-refractivity contribution in [2.75, 3.05) is 0 Å². The molecular formula is C9H9F2NaO3S. The molecule has 0 heterocycles. The van der Waals surface area contributed by atoms with E-state index >= 15 is 0 Å². The summed E-state index contributed by atoms with van der Waals surface area (Å²) in [6, 6.07) is 5.56. The van der Waals surface area contributed by atoms with Crippen LogP contribution in [0.15, 0.2) is 30.8 Å². The Morgan fingerprint density at radius 1 is 1.25 bits per heavy atom. The summed E-state index contributed by atoms with van der Waals surface area (Å²) in [5.41, 5.74) is 0.733. The van der Waals surface area contributed by atoms with E-state index in [1.807, 2.05) is 0 Å². The van der Waals surface area contributed by atoms with Gasteiger partial charge in [-0.3, -0.25) is 0 Å². The second-order valence-electron chi connectivity index (χ2n) is 2.61. The van der Waals surface area contributed by atoms with Gasteiger partial charge in [-0.15, -0.1) is 0 Å². The van der Waals surface area contributed by atoms with Crippen molar-refractivity contribution in [1.82, 2.24) is 0 Å². The average Bonchev–Trinajstić information content (AvgIpc) is 2.18. The van der Waals surface area contributed by atoms with E-state index in [-0.39, 0.29) is 35.3 Å². The summed E-state index contributed by atoms with van der Waals surface area (Å²) in [6.45, 7) is 3.48. The zero-order valence-corrected chi connectivity index (χ0v) is 8.38. The van der Waals surface area contributed by atoms with Crippen LogP contribution in [0.5, 0.6) is 5.75 Å². The van der Waals surface area contributed by atoms with Crippen LogP contribution < -0.4 is 4.18 Å². The summed E-state index contributed by atoms with van der Waals surface area (Å²) < 4.78 is 49.3. The van der Waals surface area contributed by atoms with Crippen LogP contribution in [-0.2, 0) is 10.1 Å². The van der Waals surface area contributed by atoms with Crippen molar-refractivity contribution in [1.29, 1.82) is 0 Å². The predicted octanol–water partition coefficient (Wildman–Crippen LogP) is 1.61. The first kappa shape index (κ1) is 15.6. The quantitative estimate of drug-likeness (QED) is 0.608. The van der Waals surface area contributed by atoms with Crippen LogP contribution in [0.2, 0.25) is 0 Å². The molecule has 0 saturated heterocycles. The molecule has 0 N–H and O–H groups in total. The number of hydrogen-bond acceptors (Lipinski definition) is 3. The standard InChI is InChI=1S/C9H8F2O3S.Na.H/c1-2-7-3-5-8(6-4-7)14-15(12,13)9(10)11;;/h2-6,9H,1H2;;. The van der Waals surface area contributed by atoms with Crippen LogP contribution >= 0.6 is 0 Å². The number of halogens is 2. The van der Waals surface area contributed by atoms with Crippen molar-refractivity contribution in [2.24, 2.45) is 0 Å². The molecule has 0 spiro atoms. The Bertz CT molecular complexity index is 442. The zero-order chi connectivity index (χ0) is 11.5. The Morgan fingerprint density at radius 3 is 2.12 bits per heavy atom. The molecule has 0 fully saturated rings. The van der Waals surface area contributed by atoms with Gasteiger partial charge in [-0.2, -0.15) is 17.2 Å². The van der Waals surface area contributed by atoms with Crippen molar-refractivity contribution in [3.05, 3.63) is 36.4 Å². The fourth-order valence-electron chi connectivity index (χ4n) is 0.830. The summed E-state index contributed by atoms with van der Waals surface area (Å²) >= 11 is 0.